The first-order valence-corrected chi connectivity index (χ1v) is 10.5. The third-order valence-electron chi connectivity index (χ3n) is 5.91. The van der Waals surface area contributed by atoms with Crippen LogP contribution < -0.4 is 9.80 Å². The molecule has 0 aliphatic rings. The van der Waals surface area contributed by atoms with E-state index >= 15 is 0 Å². The second-order valence-electron chi connectivity index (χ2n) is 7.98. The minimum Gasteiger partial charge on any atom is -0.378 e. The zero-order valence-electron chi connectivity index (χ0n) is 18.9. The Kier molecular flexibility index (Phi) is 6.31. The molecule has 1 N–H and O–H groups in total. The molecule has 1 unspecified atom stereocenters. The van der Waals surface area contributed by atoms with Crippen LogP contribution in [-0.4, -0.2) is 37.4 Å². The molecule has 0 fully saturated rings. The summed E-state index contributed by atoms with van der Waals surface area (Å²) >= 11 is 0. The average Bonchev–Trinajstić information content (AvgIpc) is 3.03. The van der Waals surface area contributed by atoms with Gasteiger partial charge in [0.2, 0.25) is 0 Å². The predicted molar refractivity (Wildman–Crippen MR) is 125 cm³/mol. The van der Waals surface area contributed by atoms with E-state index in [1.165, 1.54) is 33.6 Å². The molecule has 4 nitrogen and oxygen atoms in total. The van der Waals surface area contributed by atoms with Gasteiger partial charge in [-0.15, -0.1) is 0 Å². The maximum absolute atomic E-state index is 4.49. The Morgan fingerprint density at radius 3 is 2.00 bits per heavy atom. The Balaban J connectivity index is 2.14. The quantitative estimate of drug-likeness (QED) is 0.584. The summed E-state index contributed by atoms with van der Waals surface area (Å²) in [6, 6.07) is 15.8. The number of benzene rings is 2. The summed E-state index contributed by atoms with van der Waals surface area (Å²) in [5.74, 6) is 0.163. The molecule has 4 heteroatoms. The fraction of sp³-hybridized carbons (Fsp3) is 0.400. The van der Waals surface area contributed by atoms with E-state index in [1.807, 2.05) is 0 Å². The van der Waals surface area contributed by atoms with Gasteiger partial charge in [-0.3, -0.25) is 5.10 Å². The van der Waals surface area contributed by atoms with Gasteiger partial charge in [0.15, 0.2) is 0 Å². The monoisotopic (exact) mass is 390 g/mol. The standard InChI is InChI=1S/C25H34N4/c1-8-29(9-2)22-14-15-23(17(3)16-22)25(24-18(4)26-27-19(24)5)20-10-12-21(13-11-20)28(6)7/h10-16,25H,8-9H2,1-7H3,(H,26,27). The molecule has 1 heterocycles. The first-order chi connectivity index (χ1) is 13.9. The van der Waals surface area contributed by atoms with Crippen LogP contribution in [0.4, 0.5) is 11.4 Å². The van der Waals surface area contributed by atoms with E-state index in [2.05, 4.69) is 111 Å². The summed E-state index contributed by atoms with van der Waals surface area (Å²) in [5.41, 5.74) is 9.93. The number of nitrogens with zero attached hydrogens (tertiary/aromatic N) is 3. The lowest BCUT2D eigenvalue weighted by Crippen LogP contribution is -2.22. The molecule has 1 atom stereocenters. The summed E-state index contributed by atoms with van der Waals surface area (Å²) in [5, 5.41) is 7.68. The van der Waals surface area contributed by atoms with Crippen LogP contribution in [0.15, 0.2) is 42.5 Å². The van der Waals surface area contributed by atoms with Gasteiger partial charge in [0, 0.05) is 55.7 Å². The van der Waals surface area contributed by atoms with Crippen molar-refractivity contribution >= 4 is 11.4 Å². The molecule has 29 heavy (non-hydrogen) atoms. The Morgan fingerprint density at radius 2 is 1.52 bits per heavy atom. The molecule has 154 valence electrons. The highest BCUT2D eigenvalue weighted by molar-refractivity contribution is 5.57. The number of hydrogen-bond donors (Lipinski definition) is 1. The van der Waals surface area contributed by atoms with Crippen LogP contribution >= 0.6 is 0 Å². The van der Waals surface area contributed by atoms with Crippen molar-refractivity contribution in [2.75, 3.05) is 37.0 Å². The fourth-order valence-electron chi connectivity index (χ4n) is 4.22. The maximum atomic E-state index is 4.49. The highest BCUT2D eigenvalue weighted by atomic mass is 15.1. The molecule has 0 aliphatic heterocycles. The summed E-state index contributed by atoms with van der Waals surface area (Å²) in [6.45, 7) is 12.9. The van der Waals surface area contributed by atoms with Gasteiger partial charge in [0.25, 0.3) is 0 Å². The Bertz CT molecular complexity index is 930. The normalized spacial score (nSPS) is 12.1. The molecule has 0 radical (unpaired) electrons. The van der Waals surface area contributed by atoms with Gasteiger partial charge >= 0.3 is 0 Å². The van der Waals surface area contributed by atoms with E-state index < -0.39 is 0 Å². The predicted octanol–water partition coefficient (Wildman–Crippen LogP) is 5.43. The minimum atomic E-state index is 0.163. The molecule has 0 aliphatic carbocycles. The first kappa shape index (κ1) is 21.0. The number of aromatic amines is 1. The van der Waals surface area contributed by atoms with E-state index in [0.717, 1.165) is 24.5 Å². The third-order valence-corrected chi connectivity index (χ3v) is 5.91. The molecule has 0 saturated heterocycles. The van der Waals surface area contributed by atoms with Gasteiger partial charge in [-0.25, -0.2) is 0 Å². The average molecular weight is 391 g/mol. The van der Waals surface area contributed by atoms with Crippen molar-refractivity contribution in [1.29, 1.82) is 0 Å². The lowest BCUT2D eigenvalue weighted by atomic mass is 9.82. The highest BCUT2D eigenvalue weighted by Crippen LogP contribution is 2.38. The van der Waals surface area contributed by atoms with Crippen LogP contribution in [0.1, 0.15) is 53.4 Å². The SMILES string of the molecule is CCN(CC)c1ccc(C(c2ccc(N(C)C)cc2)c2c(C)n[nH]c2C)c(C)c1. The Morgan fingerprint density at radius 1 is 0.897 bits per heavy atom. The molecule has 3 aromatic rings. The van der Waals surface area contributed by atoms with E-state index in [9.17, 15) is 0 Å². The van der Waals surface area contributed by atoms with Crippen molar-refractivity contribution in [1.82, 2.24) is 10.2 Å². The van der Waals surface area contributed by atoms with Crippen LogP contribution in [0.5, 0.6) is 0 Å². The molecule has 0 spiro atoms. The van der Waals surface area contributed by atoms with Gasteiger partial charge in [0.05, 0.1) is 5.69 Å². The number of hydrogen-bond acceptors (Lipinski definition) is 3. The second kappa shape index (κ2) is 8.73. The number of anilines is 2. The summed E-state index contributed by atoms with van der Waals surface area (Å²) in [4.78, 5) is 4.53. The van der Waals surface area contributed by atoms with Gasteiger partial charge in [0.1, 0.15) is 0 Å². The van der Waals surface area contributed by atoms with Crippen LogP contribution in [0.2, 0.25) is 0 Å². The van der Waals surface area contributed by atoms with Crippen LogP contribution in [-0.2, 0) is 0 Å². The Labute approximate surface area is 175 Å². The van der Waals surface area contributed by atoms with Crippen molar-refractivity contribution in [3.63, 3.8) is 0 Å². The lowest BCUT2D eigenvalue weighted by Gasteiger charge is -2.25. The van der Waals surface area contributed by atoms with E-state index in [-0.39, 0.29) is 5.92 Å². The minimum absolute atomic E-state index is 0.163. The number of aromatic nitrogens is 2. The number of H-pyrrole nitrogens is 1. The topological polar surface area (TPSA) is 35.2 Å². The van der Waals surface area contributed by atoms with Crippen LogP contribution in [0, 0.1) is 20.8 Å². The van der Waals surface area contributed by atoms with Gasteiger partial charge in [-0.2, -0.15) is 5.10 Å². The fourth-order valence-corrected chi connectivity index (χ4v) is 4.22. The number of aryl methyl sites for hydroxylation is 3. The van der Waals surface area contributed by atoms with E-state index in [4.69, 9.17) is 0 Å². The summed E-state index contributed by atoms with van der Waals surface area (Å²) in [6.07, 6.45) is 0. The lowest BCUT2D eigenvalue weighted by molar-refractivity contribution is 0.862. The first-order valence-electron chi connectivity index (χ1n) is 10.5. The van der Waals surface area contributed by atoms with Crippen molar-refractivity contribution < 1.29 is 0 Å². The smallest absolute Gasteiger partial charge is 0.0635 e. The highest BCUT2D eigenvalue weighted by Gasteiger charge is 2.24. The zero-order valence-corrected chi connectivity index (χ0v) is 18.9. The molecule has 0 bridgehead atoms. The Hall–Kier alpha value is -2.75. The van der Waals surface area contributed by atoms with Crippen molar-refractivity contribution in [3.05, 3.63) is 76.1 Å². The van der Waals surface area contributed by atoms with Crippen LogP contribution in [0.25, 0.3) is 0 Å². The molecule has 3 rings (SSSR count). The van der Waals surface area contributed by atoms with Gasteiger partial charge in [-0.05, 0) is 75.6 Å². The zero-order chi connectivity index (χ0) is 21.1. The molecule has 0 amide bonds. The van der Waals surface area contributed by atoms with Crippen molar-refractivity contribution in [2.24, 2.45) is 0 Å². The maximum Gasteiger partial charge on any atom is 0.0635 e. The van der Waals surface area contributed by atoms with E-state index in [1.54, 1.807) is 0 Å². The molecule has 2 aromatic carbocycles. The molecule has 0 saturated carbocycles. The van der Waals surface area contributed by atoms with Crippen molar-refractivity contribution in [3.8, 4) is 0 Å². The van der Waals surface area contributed by atoms with Gasteiger partial charge in [-0.1, -0.05) is 18.2 Å². The summed E-state index contributed by atoms with van der Waals surface area (Å²) < 4.78 is 0. The summed E-state index contributed by atoms with van der Waals surface area (Å²) in [7, 11) is 4.15. The number of rotatable bonds is 7. The number of nitrogens with one attached hydrogen (secondary N) is 1. The van der Waals surface area contributed by atoms with Crippen molar-refractivity contribution in [2.45, 2.75) is 40.5 Å². The molecular formula is C25H34N4. The molecule has 1 aromatic heterocycles. The van der Waals surface area contributed by atoms with Crippen LogP contribution in [0.3, 0.4) is 0 Å². The van der Waals surface area contributed by atoms with E-state index in [0.29, 0.717) is 0 Å². The van der Waals surface area contributed by atoms with Gasteiger partial charge < -0.3 is 9.80 Å². The third kappa shape index (κ3) is 4.16. The second-order valence-corrected chi connectivity index (χ2v) is 7.98. The molecular weight excluding hydrogens is 356 g/mol. The largest absolute Gasteiger partial charge is 0.378 e.